The average molecular weight is 471 g/mol. The van der Waals surface area contributed by atoms with Gasteiger partial charge in [0.05, 0.1) is 5.56 Å². The van der Waals surface area contributed by atoms with Crippen molar-refractivity contribution >= 4 is 22.5 Å². The predicted octanol–water partition coefficient (Wildman–Crippen LogP) is 7.15. The van der Waals surface area contributed by atoms with Crippen molar-refractivity contribution in [3.05, 3.63) is 83.2 Å². The summed E-state index contributed by atoms with van der Waals surface area (Å²) < 4.78 is 19.6. The second-order valence-electron chi connectivity index (χ2n) is 9.59. The lowest BCUT2D eigenvalue weighted by atomic mass is 9.91. The number of rotatable bonds is 8. The van der Waals surface area contributed by atoms with Crippen LogP contribution in [0.2, 0.25) is 0 Å². The molecule has 3 aromatic carbocycles. The number of aliphatic hydroxyl groups excluding tert-OH is 1. The van der Waals surface area contributed by atoms with Crippen LogP contribution < -0.4 is 0 Å². The van der Waals surface area contributed by atoms with Crippen molar-refractivity contribution in [2.45, 2.75) is 39.5 Å². The fraction of sp³-hybridized carbons (Fsp3) is 0.267. The van der Waals surface area contributed by atoms with Crippen LogP contribution in [0.25, 0.3) is 33.4 Å². The van der Waals surface area contributed by atoms with E-state index >= 15 is 0 Å². The molecule has 1 heterocycles. The van der Waals surface area contributed by atoms with Gasteiger partial charge in [0.25, 0.3) is 0 Å². The summed E-state index contributed by atoms with van der Waals surface area (Å²) in [5.74, 6) is 0.0534. The Bertz CT molecular complexity index is 1440. The predicted molar refractivity (Wildman–Crippen MR) is 134 cm³/mol. The quantitative estimate of drug-likeness (QED) is 0.278. The molecule has 1 aliphatic rings. The molecular formula is C30H27FO4. The number of furan rings is 1. The molecule has 0 atom stereocenters. The Morgan fingerprint density at radius 2 is 1.69 bits per heavy atom. The van der Waals surface area contributed by atoms with Crippen LogP contribution in [0.3, 0.4) is 0 Å². The number of aryl methyl sites for hydroxylation is 1. The second kappa shape index (κ2) is 8.90. The first-order valence-corrected chi connectivity index (χ1v) is 11.9. The highest BCUT2D eigenvalue weighted by Crippen LogP contribution is 2.49. The van der Waals surface area contributed by atoms with Crippen LogP contribution in [0.15, 0.2) is 65.1 Å². The normalized spacial score (nSPS) is 14.3. The molecule has 4 nitrogen and oxygen atoms in total. The molecule has 0 bridgehead atoms. The van der Waals surface area contributed by atoms with E-state index in [0.29, 0.717) is 46.3 Å². The molecule has 1 fully saturated rings. The van der Waals surface area contributed by atoms with Crippen molar-refractivity contribution in [1.82, 2.24) is 0 Å². The fourth-order valence-corrected chi connectivity index (χ4v) is 4.64. The lowest BCUT2D eigenvalue weighted by Gasteiger charge is -2.13. The molecule has 35 heavy (non-hydrogen) atoms. The molecule has 0 unspecified atom stereocenters. The van der Waals surface area contributed by atoms with E-state index in [0.717, 1.165) is 29.5 Å². The van der Waals surface area contributed by atoms with Gasteiger partial charge in [-0.15, -0.1) is 0 Å². The minimum atomic E-state index is -0.355. The molecule has 0 aliphatic heterocycles. The molecule has 1 N–H and O–H groups in total. The van der Waals surface area contributed by atoms with Crippen molar-refractivity contribution < 1.29 is 23.5 Å². The van der Waals surface area contributed by atoms with Gasteiger partial charge < -0.3 is 9.52 Å². The van der Waals surface area contributed by atoms with Crippen molar-refractivity contribution in [2.24, 2.45) is 5.41 Å². The molecule has 0 amide bonds. The lowest BCUT2D eigenvalue weighted by Crippen LogP contribution is -2.13. The highest BCUT2D eigenvalue weighted by atomic mass is 19.1. The summed E-state index contributed by atoms with van der Waals surface area (Å²) >= 11 is 0. The molecule has 0 saturated heterocycles. The van der Waals surface area contributed by atoms with Crippen molar-refractivity contribution in [3.63, 3.8) is 0 Å². The third kappa shape index (κ3) is 4.32. The van der Waals surface area contributed by atoms with E-state index in [1.165, 1.54) is 12.1 Å². The largest absolute Gasteiger partial charge is 0.455 e. The number of carbonyl (C=O) groups is 2. The van der Waals surface area contributed by atoms with Crippen LogP contribution in [-0.4, -0.2) is 23.3 Å². The summed E-state index contributed by atoms with van der Waals surface area (Å²) in [5.41, 5.74) is 4.87. The average Bonchev–Trinajstić information content (AvgIpc) is 3.54. The monoisotopic (exact) mass is 470 g/mol. The Kier molecular flexibility index (Phi) is 5.89. The Balaban J connectivity index is 1.59. The summed E-state index contributed by atoms with van der Waals surface area (Å²) in [5, 5.41) is 10.3. The molecule has 4 aromatic rings. The number of fused-ring (bicyclic) bond motifs is 1. The molecule has 1 saturated carbocycles. The number of ketones is 2. The SMILES string of the molecule is CCC(=O)c1c(-c2ccc(F)cc2)oc2ccc(-c3cc(C(=O)CC4(CO)CC4)ccc3C)cc12. The number of carbonyl (C=O) groups excluding carboxylic acids is 2. The number of benzene rings is 3. The maximum atomic E-state index is 13.5. The fourth-order valence-electron chi connectivity index (χ4n) is 4.64. The lowest BCUT2D eigenvalue weighted by molar-refractivity contribution is 0.0921. The van der Waals surface area contributed by atoms with Crippen LogP contribution in [-0.2, 0) is 0 Å². The molecular weight excluding hydrogens is 443 g/mol. The van der Waals surface area contributed by atoms with E-state index in [2.05, 4.69) is 0 Å². The Morgan fingerprint density at radius 3 is 2.34 bits per heavy atom. The van der Waals surface area contributed by atoms with Gasteiger partial charge in [0, 0.05) is 41.4 Å². The Hall–Kier alpha value is -3.57. The van der Waals surface area contributed by atoms with Crippen LogP contribution in [0.4, 0.5) is 4.39 Å². The molecule has 0 spiro atoms. The van der Waals surface area contributed by atoms with E-state index < -0.39 is 0 Å². The summed E-state index contributed by atoms with van der Waals surface area (Å²) in [6, 6.07) is 17.3. The minimum absolute atomic E-state index is 0.0302. The van der Waals surface area contributed by atoms with Gasteiger partial charge in [-0.05, 0) is 78.9 Å². The highest BCUT2D eigenvalue weighted by Gasteiger charge is 2.43. The van der Waals surface area contributed by atoms with Gasteiger partial charge in [-0.3, -0.25) is 9.59 Å². The van der Waals surface area contributed by atoms with Gasteiger partial charge in [-0.1, -0.05) is 25.1 Å². The van der Waals surface area contributed by atoms with Gasteiger partial charge in [0.2, 0.25) is 0 Å². The van der Waals surface area contributed by atoms with Crippen LogP contribution >= 0.6 is 0 Å². The van der Waals surface area contributed by atoms with Crippen molar-refractivity contribution in [2.75, 3.05) is 6.61 Å². The maximum absolute atomic E-state index is 13.5. The third-order valence-electron chi connectivity index (χ3n) is 7.09. The number of aliphatic hydroxyl groups is 1. The molecule has 1 aromatic heterocycles. The van der Waals surface area contributed by atoms with E-state index in [1.54, 1.807) is 19.1 Å². The van der Waals surface area contributed by atoms with E-state index in [9.17, 15) is 19.1 Å². The second-order valence-corrected chi connectivity index (χ2v) is 9.59. The zero-order valence-electron chi connectivity index (χ0n) is 19.9. The van der Waals surface area contributed by atoms with E-state index in [4.69, 9.17) is 4.42 Å². The first kappa shape index (κ1) is 23.2. The van der Waals surface area contributed by atoms with Crippen LogP contribution in [0.5, 0.6) is 0 Å². The van der Waals surface area contributed by atoms with Gasteiger partial charge in [0.1, 0.15) is 17.2 Å². The minimum Gasteiger partial charge on any atom is -0.455 e. The molecule has 1 aliphatic carbocycles. The maximum Gasteiger partial charge on any atom is 0.167 e. The van der Waals surface area contributed by atoms with Crippen molar-refractivity contribution in [3.8, 4) is 22.5 Å². The third-order valence-corrected chi connectivity index (χ3v) is 7.09. The Labute approximate surface area is 203 Å². The Morgan fingerprint density at radius 1 is 0.971 bits per heavy atom. The van der Waals surface area contributed by atoms with Gasteiger partial charge in [-0.2, -0.15) is 0 Å². The smallest absolute Gasteiger partial charge is 0.167 e. The van der Waals surface area contributed by atoms with Gasteiger partial charge in [0.15, 0.2) is 11.6 Å². The summed E-state index contributed by atoms with van der Waals surface area (Å²) in [6.45, 7) is 3.83. The summed E-state index contributed by atoms with van der Waals surface area (Å²) in [4.78, 5) is 25.9. The number of halogens is 1. The first-order valence-electron chi connectivity index (χ1n) is 11.9. The zero-order chi connectivity index (χ0) is 24.7. The highest BCUT2D eigenvalue weighted by molar-refractivity contribution is 6.12. The number of hydrogen-bond donors (Lipinski definition) is 1. The van der Waals surface area contributed by atoms with Crippen LogP contribution in [0, 0.1) is 18.2 Å². The topological polar surface area (TPSA) is 67.5 Å². The molecule has 5 rings (SSSR count). The zero-order valence-corrected chi connectivity index (χ0v) is 19.9. The molecule has 0 radical (unpaired) electrons. The van der Waals surface area contributed by atoms with Gasteiger partial charge in [-0.25, -0.2) is 4.39 Å². The first-order chi connectivity index (χ1) is 16.8. The van der Waals surface area contributed by atoms with E-state index in [1.807, 2.05) is 43.3 Å². The van der Waals surface area contributed by atoms with Gasteiger partial charge >= 0.3 is 0 Å². The summed E-state index contributed by atoms with van der Waals surface area (Å²) in [6.07, 6.45) is 2.43. The molecule has 5 heteroatoms. The number of Topliss-reactive ketones (excluding diaryl/α,β-unsaturated/α-hetero) is 2. The summed E-state index contributed by atoms with van der Waals surface area (Å²) in [7, 11) is 0. The standard InChI is InChI=1S/C30H27FO4/c1-3-25(33)28-24-14-20(8-11-27(24)35-29(28)19-6-9-22(31)10-7-19)23-15-21(5-4-18(23)2)26(34)16-30(17-32)12-13-30/h4-11,14-15,32H,3,12-13,16-17H2,1-2H3. The van der Waals surface area contributed by atoms with E-state index in [-0.39, 0.29) is 29.4 Å². The van der Waals surface area contributed by atoms with Crippen LogP contribution in [0.1, 0.15) is 58.9 Å². The molecule has 178 valence electrons. The van der Waals surface area contributed by atoms with Crippen molar-refractivity contribution in [1.29, 1.82) is 0 Å². The number of hydrogen-bond acceptors (Lipinski definition) is 4.